The summed E-state index contributed by atoms with van der Waals surface area (Å²) in [5.41, 5.74) is 0.348. The number of aliphatic imine (C=N–C) groups is 1. The maximum atomic E-state index is 5.60. The van der Waals surface area contributed by atoms with E-state index < -0.39 is 0 Å². The molecule has 2 fully saturated rings. The van der Waals surface area contributed by atoms with E-state index >= 15 is 0 Å². The number of rotatable bonds is 3. The van der Waals surface area contributed by atoms with Gasteiger partial charge in [0.25, 0.3) is 0 Å². The van der Waals surface area contributed by atoms with Crippen molar-refractivity contribution in [1.82, 2.24) is 25.0 Å². The Morgan fingerprint density at radius 2 is 2.43 bits per heavy atom. The van der Waals surface area contributed by atoms with Crippen LogP contribution < -0.4 is 5.32 Å². The van der Waals surface area contributed by atoms with Gasteiger partial charge in [0.15, 0.2) is 11.8 Å². The molecular weight excluding hydrogens is 268 g/mol. The highest BCUT2D eigenvalue weighted by Crippen LogP contribution is 2.38. The van der Waals surface area contributed by atoms with Crippen LogP contribution in [0.25, 0.3) is 0 Å². The molecule has 0 aliphatic carbocycles. The fourth-order valence-corrected chi connectivity index (χ4v) is 3.11. The maximum Gasteiger partial charge on any atom is 0.194 e. The van der Waals surface area contributed by atoms with Crippen molar-refractivity contribution in [3.05, 3.63) is 12.2 Å². The lowest BCUT2D eigenvalue weighted by atomic mass is 9.87. The first-order valence-electron chi connectivity index (χ1n) is 7.66. The molecule has 21 heavy (non-hydrogen) atoms. The van der Waals surface area contributed by atoms with E-state index in [-0.39, 0.29) is 0 Å². The van der Waals surface area contributed by atoms with Crippen LogP contribution in [0.3, 0.4) is 0 Å². The van der Waals surface area contributed by atoms with Crippen LogP contribution in [-0.2, 0) is 18.3 Å². The van der Waals surface area contributed by atoms with Crippen LogP contribution in [0, 0.1) is 5.41 Å². The molecule has 0 bridgehead atoms. The number of nitrogens with zero attached hydrogens (tertiary/aromatic N) is 5. The van der Waals surface area contributed by atoms with Crippen molar-refractivity contribution in [2.45, 2.75) is 26.3 Å². The Kier molecular flexibility index (Phi) is 4.10. The van der Waals surface area contributed by atoms with Gasteiger partial charge in [0.2, 0.25) is 0 Å². The number of aromatic nitrogens is 3. The molecule has 2 aliphatic rings. The van der Waals surface area contributed by atoms with Crippen LogP contribution in [0.1, 0.15) is 25.6 Å². The Morgan fingerprint density at radius 3 is 3.10 bits per heavy atom. The van der Waals surface area contributed by atoms with Crippen LogP contribution in [-0.4, -0.2) is 58.5 Å². The molecule has 7 heteroatoms. The van der Waals surface area contributed by atoms with E-state index in [9.17, 15) is 0 Å². The summed E-state index contributed by atoms with van der Waals surface area (Å²) in [6.45, 7) is 7.41. The summed E-state index contributed by atoms with van der Waals surface area (Å²) in [6, 6.07) is 0. The van der Waals surface area contributed by atoms with E-state index in [1.165, 1.54) is 12.8 Å². The molecule has 0 amide bonds. The second-order valence-electron chi connectivity index (χ2n) is 6.00. The lowest BCUT2D eigenvalue weighted by Crippen LogP contribution is -2.41. The van der Waals surface area contributed by atoms with Crippen molar-refractivity contribution in [2.75, 3.05) is 32.8 Å². The monoisotopic (exact) mass is 292 g/mol. The van der Waals surface area contributed by atoms with E-state index in [1.54, 1.807) is 6.33 Å². The molecule has 0 aromatic carbocycles. The lowest BCUT2D eigenvalue weighted by Gasteiger charge is -2.24. The Labute approximate surface area is 125 Å². The van der Waals surface area contributed by atoms with Crippen LogP contribution in [0.5, 0.6) is 0 Å². The number of guanidine groups is 1. The normalized spacial score (nSPS) is 26.0. The first kappa shape index (κ1) is 14.3. The van der Waals surface area contributed by atoms with Gasteiger partial charge in [0.05, 0.1) is 6.61 Å². The molecule has 3 rings (SSSR count). The summed E-state index contributed by atoms with van der Waals surface area (Å²) in [5, 5.41) is 11.4. The fourth-order valence-electron chi connectivity index (χ4n) is 3.11. The standard InChI is InChI=1S/C14H24N6O/c1-3-15-13(16-8-12-18-17-11-19(12)2)20-6-4-14(9-20)5-7-21-10-14/h11H,3-10H2,1-2H3,(H,15,16). The van der Waals surface area contributed by atoms with E-state index in [1.807, 2.05) is 11.6 Å². The third-order valence-electron chi connectivity index (χ3n) is 4.43. The molecule has 1 spiro atoms. The SMILES string of the molecule is CCNC(=NCc1nncn1C)N1CCC2(CCOC2)C1. The van der Waals surface area contributed by atoms with E-state index in [4.69, 9.17) is 9.73 Å². The molecule has 1 atom stereocenters. The third-order valence-corrected chi connectivity index (χ3v) is 4.43. The van der Waals surface area contributed by atoms with Gasteiger partial charge in [-0.1, -0.05) is 0 Å². The number of ether oxygens (including phenoxy) is 1. The number of aryl methyl sites for hydroxylation is 1. The summed E-state index contributed by atoms with van der Waals surface area (Å²) >= 11 is 0. The molecule has 0 saturated carbocycles. The fraction of sp³-hybridized carbons (Fsp3) is 0.786. The average Bonchev–Trinajstić information content (AvgIpc) is 3.19. The zero-order chi connectivity index (χ0) is 14.7. The minimum Gasteiger partial charge on any atom is -0.381 e. The van der Waals surface area contributed by atoms with Crippen molar-refractivity contribution in [1.29, 1.82) is 0 Å². The summed E-state index contributed by atoms with van der Waals surface area (Å²) < 4.78 is 7.50. The molecule has 2 aliphatic heterocycles. The Morgan fingerprint density at radius 1 is 1.52 bits per heavy atom. The van der Waals surface area contributed by atoms with Crippen molar-refractivity contribution in [2.24, 2.45) is 17.5 Å². The zero-order valence-corrected chi connectivity index (χ0v) is 12.9. The Balaban J connectivity index is 1.68. The topological polar surface area (TPSA) is 67.6 Å². The first-order valence-corrected chi connectivity index (χ1v) is 7.66. The van der Waals surface area contributed by atoms with Crippen LogP contribution in [0.15, 0.2) is 11.3 Å². The Bertz CT molecular complexity index is 505. The summed E-state index contributed by atoms with van der Waals surface area (Å²) in [4.78, 5) is 7.08. The van der Waals surface area contributed by atoms with E-state index in [0.717, 1.165) is 44.6 Å². The van der Waals surface area contributed by atoms with E-state index in [2.05, 4.69) is 27.3 Å². The van der Waals surface area contributed by atoms with Gasteiger partial charge in [-0.05, 0) is 19.8 Å². The Hall–Kier alpha value is -1.63. The summed E-state index contributed by atoms with van der Waals surface area (Å²) in [7, 11) is 1.94. The third kappa shape index (κ3) is 3.02. The van der Waals surface area contributed by atoms with Gasteiger partial charge in [0, 0.05) is 38.7 Å². The molecule has 2 saturated heterocycles. The predicted molar refractivity (Wildman–Crippen MR) is 79.9 cm³/mol. The van der Waals surface area contributed by atoms with E-state index in [0.29, 0.717) is 12.0 Å². The first-order chi connectivity index (χ1) is 10.2. The van der Waals surface area contributed by atoms with Gasteiger partial charge in [-0.2, -0.15) is 0 Å². The average molecular weight is 292 g/mol. The molecule has 7 nitrogen and oxygen atoms in total. The van der Waals surface area contributed by atoms with Gasteiger partial charge in [-0.15, -0.1) is 10.2 Å². The minimum absolute atomic E-state index is 0.348. The van der Waals surface area contributed by atoms with Gasteiger partial charge in [-0.3, -0.25) is 0 Å². The second-order valence-corrected chi connectivity index (χ2v) is 6.00. The van der Waals surface area contributed by atoms with Gasteiger partial charge >= 0.3 is 0 Å². The smallest absolute Gasteiger partial charge is 0.194 e. The highest BCUT2D eigenvalue weighted by Gasteiger charge is 2.42. The number of hydrogen-bond donors (Lipinski definition) is 1. The largest absolute Gasteiger partial charge is 0.381 e. The van der Waals surface area contributed by atoms with Crippen LogP contribution in [0.2, 0.25) is 0 Å². The molecular formula is C14H24N6O. The highest BCUT2D eigenvalue weighted by molar-refractivity contribution is 5.80. The maximum absolute atomic E-state index is 5.60. The summed E-state index contributed by atoms with van der Waals surface area (Å²) in [5.74, 6) is 1.85. The van der Waals surface area contributed by atoms with Crippen LogP contribution >= 0.6 is 0 Å². The van der Waals surface area contributed by atoms with Crippen molar-refractivity contribution < 1.29 is 4.74 Å². The van der Waals surface area contributed by atoms with Crippen molar-refractivity contribution >= 4 is 5.96 Å². The molecule has 3 heterocycles. The quantitative estimate of drug-likeness (QED) is 0.645. The van der Waals surface area contributed by atoms with Gasteiger partial charge in [0.1, 0.15) is 12.9 Å². The van der Waals surface area contributed by atoms with Crippen molar-refractivity contribution in [3.8, 4) is 0 Å². The molecule has 1 unspecified atom stereocenters. The molecule has 0 radical (unpaired) electrons. The van der Waals surface area contributed by atoms with Gasteiger partial charge < -0.3 is 19.5 Å². The minimum atomic E-state index is 0.348. The zero-order valence-electron chi connectivity index (χ0n) is 12.9. The molecule has 1 aromatic heterocycles. The molecule has 116 valence electrons. The highest BCUT2D eigenvalue weighted by atomic mass is 16.5. The van der Waals surface area contributed by atoms with Gasteiger partial charge in [-0.25, -0.2) is 4.99 Å². The number of likely N-dealkylation sites (tertiary alicyclic amines) is 1. The summed E-state index contributed by atoms with van der Waals surface area (Å²) in [6.07, 6.45) is 4.08. The van der Waals surface area contributed by atoms with Crippen molar-refractivity contribution in [3.63, 3.8) is 0 Å². The lowest BCUT2D eigenvalue weighted by molar-refractivity contribution is 0.156. The molecule has 1 N–H and O–H groups in total. The number of nitrogens with one attached hydrogen (secondary N) is 1. The van der Waals surface area contributed by atoms with Crippen LogP contribution in [0.4, 0.5) is 0 Å². The second kappa shape index (κ2) is 6.01. The predicted octanol–water partition coefficient (Wildman–Crippen LogP) is 0.393. The molecule has 1 aromatic rings. The number of hydrogen-bond acceptors (Lipinski definition) is 4.